The summed E-state index contributed by atoms with van der Waals surface area (Å²) in [5.74, 6) is 0.658. The zero-order valence-corrected chi connectivity index (χ0v) is 17.4. The minimum atomic E-state index is -0.584. The molecule has 1 atom stereocenters. The van der Waals surface area contributed by atoms with Crippen molar-refractivity contribution >= 4 is 23.4 Å². The van der Waals surface area contributed by atoms with Crippen LogP contribution in [0.1, 0.15) is 45.6 Å². The normalized spacial score (nSPS) is 16.3. The Labute approximate surface area is 171 Å². The molecule has 1 heterocycles. The number of carbonyl (C=O) groups is 2. The maximum atomic E-state index is 12.7. The van der Waals surface area contributed by atoms with Gasteiger partial charge in [0.2, 0.25) is 5.91 Å². The number of nitrogens with one attached hydrogen (secondary N) is 1. The molecular weight excluding hydrogens is 368 g/mol. The van der Waals surface area contributed by atoms with Crippen molar-refractivity contribution in [1.82, 2.24) is 0 Å². The van der Waals surface area contributed by atoms with Gasteiger partial charge in [-0.2, -0.15) is 0 Å². The van der Waals surface area contributed by atoms with Gasteiger partial charge in [-0.1, -0.05) is 37.3 Å². The van der Waals surface area contributed by atoms with Gasteiger partial charge in [0.1, 0.15) is 11.4 Å². The number of nitrogens with zero attached hydrogens (tertiary/aromatic N) is 1. The van der Waals surface area contributed by atoms with E-state index in [2.05, 4.69) is 5.32 Å². The Kier molecular flexibility index (Phi) is 6.11. The van der Waals surface area contributed by atoms with Crippen molar-refractivity contribution in [3.05, 3.63) is 54.1 Å². The van der Waals surface area contributed by atoms with Crippen molar-refractivity contribution in [2.24, 2.45) is 0 Å². The summed E-state index contributed by atoms with van der Waals surface area (Å²) in [4.78, 5) is 26.5. The molecule has 6 nitrogen and oxygen atoms in total. The average Bonchev–Trinajstić information content (AvgIpc) is 2.86. The third-order valence-corrected chi connectivity index (χ3v) is 4.61. The van der Waals surface area contributed by atoms with E-state index in [4.69, 9.17) is 9.47 Å². The minimum absolute atomic E-state index is 0.0329. The number of fused-ring (bicyclic) bond motifs is 1. The molecule has 0 saturated heterocycles. The number of hydrogen-bond acceptors (Lipinski definition) is 4. The summed E-state index contributed by atoms with van der Waals surface area (Å²) in [6.45, 7) is 8.27. The van der Waals surface area contributed by atoms with E-state index in [0.29, 0.717) is 36.7 Å². The van der Waals surface area contributed by atoms with Crippen LogP contribution in [0.4, 0.5) is 16.2 Å². The second kappa shape index (κ2) is 8.55. The Balaban J connectivity index is 1.86. The second-order valence-electron chi connectivity index (χ2n) is 8.09. The Hall–Kier alpha value is -3.02. The smallest absolute Gasteiger partial charge is 0.412 e. The molecule has 29 heavy (non-hydrogen) atoms. The molecule has 154 valence electrons. The van der Waals surface area contributed by atoms with Crippen molar-refractivity contribution in [2.75, 3.05) is 23.4 Å². The van der Waals surface area contributed by atoms with E-state index >= 15 is 0 Å². The Morgan fingerprint density at radius 3 is 2.55 bits per heavy atom. The van der Waals surface area contributed by atoms with Gasteiger partial charge in [-0.25, -0.2) is 4.79 Å². The molecule has 6 heteroatoms. The zero-order chi connectivity index (χ0) is 21.0. The fraction of sp³-hybridized carbons (Fsp3) is 0.391. The van der Waals surface area contributed by atoms with Crippen LogP contribution in [0, 0.1) is 0 Å². The molecule has 0 bridgehead atoms. The summed E-state index contributed by atoms with van der Waals surface area (Å²) in [6, 6.07) is 15.3. The molecule has 2 amide bonds. The summed E-state index contributed by atoms with van der Waals surface area (Å²) < 4.78 is 11.4. The number of rotatable bonds is 3. The van der Waals surface area contributed by atoms with E-state index in [0.717, 1.165) is 5.56 Å². The van der Waals surface area contributed by atoms with Gasteiger partial charge in [-0.3, -0.25) is 10.1 Å². The first-order valence-corrected chi connectivity index (χ1v) is 9.89. The van der Waals surface area contributed by atoms with E-state index in [1.54, 1.807) is 17.0 Å². The second-order valence-corrected chi connectivity index (χ2v) is 8.09. The number of benzene rings is 2. The summed E-state index contributed by atoms with van der Waals surface area (Å²) in [5.41, 5.74) is 1.81. The van der Waals surface area contributed by atoms with Crippen LogP contribution >= 0.6 is 0 Å². The highest BCUT2D eigenvalue weighted by molar-refractivity contribution is 5.96. The number of carbonyl (C=O) groups excluding carboxylic acids is 2. The molecule has 2 aromatic rings. The first kappa shape index (κ1) is 20.7. The summed E-state index contributed by atoms with van der Waals surface area (Å²) in [7, 11) is 0. The molecule has 1 N–H and O–H groups in total. The lowest BCUT2D eigenvalue weighted by Crippen LogP contribution is -2.34. The molecular formula is C23H28N2O4. The van der Waals surface area contributed by atoms with Gasteiger partial charge in [0.15, 0.2) is 0 Å². The van der Waals surface area contributed by atoms with Crippen molar-refractivity contribution in [3.63, 3.8) is 0 Å². The number of anilines is 2. The lowest BCUT2D eigenvalue weighted by molar-refractivity contribution is -0.118. The first-order valence-electron chi connectivity index (χ1n) is 9.89. The molecule has 1 aliphatic heterocycles. The van der Waals surface area contributed by atoms with Crippen LogP contribution in [-0.4, -0.2) is 30.8 Å². The maximum Gasteiger partial charge on any atom is 0.412 e. The van der Waals surface area contributed by atoms with Crippen LogP contribution < -0.4 is 15.0 Å². The summed E-state index contributed by atoms with van der Waals surface area (Å²) >= 11 is 0. The van der Waals surface area contributed by atoms with E-state index in [9.17, 15) is 9.59 Å². The lowest BCUT2D eigenvalue weighted by Gasteiger charge is -2.24. The van der Waals surface area contributed by atoms with Crippen LogP contribution in [0.25, 0.3) is 0 Å². The van der Waals surface area contributed by atoms with Gasteiger partial charge in [-0.05, 0) is 38.5 Å². The molecule has 2 aromatic carbocycles. The highest BCUT2D eigenvalue weighted by atomic mass is 16.6. The molecule has 0 radical (unpaired) electrons. The molecule has 1 unspecified atom stereocenters. The lowest BCUT2D eigenvalue weighted by atomic mass is 9.99. The Bertz CT molecular complexity index is 874. The third-order valence-electron chi connectivity index (χ3n) is 4.61. The minimum Gasteiger partial charge on any atom is -0.491 e. The number of hydrogen-bond donors (Lipinski definition) is 1. The van der Waals surface area contributed by atoms with Gasteiger partial charge in [0.25, 0.3) is 0 Å². The van der Waals surface area contributed by atoms with Crippen LogP contribution in [0.5, 0.6) is 5.75 Å². The highest BCUT2D eigenvalue weighted by Gasteiger charge is 2.28. The summed E-state index contributed by atoms with van der Waals surface area (Å²) in [5, 5.41) is 2.73. The fourth-order valence-electron chi connectivity index (χ4n) is 3.27. The molecule has 0 spiro atoms. The molecule has 1 aliphatic rings. The van der Waals surface area contributed by atoms with Gasteiger partial charge in [0, 0.05) is 30.6 Å². The molecule has 0 aromatic heterocycles. The SMILES string of the molecule is CCC(=O)N1CC(c2ccccc2)COc2cc(NC(=O)OC(C)(C)C)ccc21. The number of ether oxygens (including phenoxy) is 2. The highest BCUT2D eigenvalue weighted by Crippen LogP contribution is 2.37. The third kappa shape index (κ3) is 5.28. The van der Waals surface area contributed by atoms with E-state index in [1.807, 2.05) is 64.1 Å². The largest absolute Gasteiger partial charge is 0.491 e. The molecule has 3 rings (SSSR count). The van der Waals surface area contributed by atoms with Crippen molar-refractivity contribution in [1.29, 1.82) is 0 Å². The standard InChI is InChI=1S/C23H28N2O4/c1-5-21(26)25-14-17(16-9-7-6-8-10-16)15-28-20-13-18(11-12-19(20)25)24-22(27)29-23(2,3)4/h6-13,17H,5,14-15H2,1-4H3,(H,24,27). The van der Waals surface area contributed by atoms with Gasteiger partial charge in [-0.15, -0.1) is 0 Å². The van der Waals surface area contributed by atoms with Gasteiger partial charge in [0.05, 0.1) is 12.3 Å². The topological polar surface area (TPSA) is 67.9 Å². The van der Waals surface area contributed by atoms with Crippen molar-refractivity contribution < 1.29 is 19.1 Å². The Morgan fingerprint density at radius 2 is 1.90 bits per heavy atom. The van der Waals surface area contributed by atoms with E-state index in [-0.39, 0.29) is 11.8 Å². The predicted octanol–water partition coefficient (Wildman–Crippen LogP) is 4.95. The van der Waals surface area contributed by atoms with Crippen LogP contribution in [0.3, 0.4) is 0 Å². The first-order chi connectivity index (χ1) is 13.8. The monoisotopic (exact) mass is 396 g/mol. The van der Waals surface area contributed by atoms with Crippen molar-refractivity contribution in [3.8, 4) is 5.75 Å². The van der Waals surface area contributed by atoms with Gasteiger partial charge < -0.3 is 14.4 Å². The Morgan fingerprint density at radius 1 is 1.17 bits per heavy atom. The van der Waals surface area contributed by atoms with E-state index in [1.165, 1.54) is 0 Å². The predicted molar refractivity (Wildman–Crippen MR) is 114 cm³/mol. The maximum absolute atomic E-state index is 12.7. The van der Waals surface area contributed by atoms with E-state index < -0.39 is 11.7 Å². The average molecular weight is 396 g/mol. The molecule has 0 saturated carbocycles. The fourth-order valence-corrected chi connectivity index (χ4v) is 3.27. The number of amides is 2. The zero-order valence-electron chi connectivity index (χ0n) is 17.4. The van der Waals surface area contributed by atoms with Crippen molar-refractivity contribution in [2.45, 2.75) is 45.6 Å². The molecule has 0 aliphatic carbocycles. The van der Waals surface area contributed by atoms with Crippen LogP contribution in [0.15, 0.2) is 48.5 Å². The van der Waals surface area contributed by atoms with Crippen LogP contribution in [-0.2, 0) is 9.53 Å². The molecule has 0 fully saturated rings. The van der Waals surface area contributed by atoms with Gasteiger partial charge >= 0.3 is 6.09 Å². The quantitative estimate of drug-likeness (QED) is 0.797. The van der Waals surface area contributed by atoms with Crippen LogP contribution in [0.2, 0.25) is 0 Å². The summed E-state index contributed by atoms with van der Waals surface area (Å²) in [6.07, 6.45) is -0.131.